The molecule has 1 saturated heterocycles. The van der Waals surface area contributed by atoms with Crippen molar-refractivity contribution in [1.82, 2.24) is 8.87 Å². The fourth-order valence-corrected chi connectivity index (χ4v) is 4.45. The highest BCUT2D eigenvalue weighted by Gasteiger charge is 2.29. The van der Waals surface area contributed by atoms with Gasteiger partial charge in [-0.05, 0) is 31.4 Å². The summed E-state index contributed by atoms with van der Waals surface area (Å²) in [7, 11) is -1.90. The summed E-state index contributed by atoms with van der Waals surface area (Å²) < 4.78 is 33.5. The first-order valence-electron chi connectivity index (χ1n) is 8.27. The predicted molar refractivity (Wildman–Crippen MR) is 93.7 cm³/mol. The minimum absolute atomic E-state index is 0.138. The summed E-state index contributed by atoms with van der Waals surface area (Å²) in [5, 5.41) is 0. The minimum Gasteiger partial charge on any atom is -0.456 e. The molecule has 1 aromatic carbocycles. The van der Waals surface area contributed by atoms with Crippen molar-refractivity contribution in [3.8, 4) is 0 Å². The maximum absolute atomic E-state index is 12.6. The molecule has 6 nitrogen and oxygen atoms in total. The summed E-state index contributed by atoms with van der Waals surface area (Å²) in [6.07, 6.45) is 3.21. The highest BCUT2D eigenvalue weighted by molar-refractivity contribution is 7.89. The standard InChI is InChI=1S/C18H22N2O4S/c1-14-5-7-15(8-6-14)13-24-18(21)17-11-16(12-19(17)2)25(22,23)20-9-3-4-10-20/h5-8,11-12H,3-4,9-10,13H2,1-2H3. The molecule has 2 aromatic rings. The highest BCUT2D eigenvalue weighted by Crippen LogP contribution is 2.23. The van der Waals surface area contributed by atoms with E-state index in [1.165, 1.54) is 21.1 Å². The first kappa shape index (κ1) is 17.7. The molecule has 25 heavy (non-hydrogen) atoms. The Morgan fingerprint density at radius 3 is 2.44 bits per heavy atom. The molecule has 0 spiro atoms. The van der Waals surface area contributed by atoms with Gasteiger partial charge in [0.15, 0.2) is 0 Å². The summed E-state index contributed by atoms with van der Waals surface area (Å²) in [4.78, 5) is 12.5. The Kier molecular flexibility index (Phi) is 4.96. The van der Waals surface area contributed by atoms with Crippen LogP contribution in [-0.2, 0) is 28.4 Å². The zero-order valence-corrected chi connectivity index (χ0v) is 15.3. The number of nitrogens with zero attached hydrogens (tertiary/aromatic N) is 2. The lowest BCUT2D eigenvalue weighted by molar-refractivity contribution is 0.0461. The van der Waals surface area contributed by atoms with Gasteiger partial charge in [-0.2, -0.15) is 4.31 Å². The molecule has 0 aliphatic carbocycles. The van der Waals surface area contributed by atoms with Crippen LogP contribution in [-0.4, -0.2) is 36.3 Å². The van der Waals surface area contributed by atoms with E-state index in [1.54, 1.807) is 7.05 Å². The van der Waals surface area contributed by atoms with Crippen molar-refractivity contribution in [2.75, 3.05) is 13.1 Å². The largest absolute Gasteiger partial charge is 0.456 e. The van der Waals surface area contributed by atoms with Crippen LogP contribution in [0.25, 0.3) is 0 Å². The van der Waals surface area contributed by atoms with Crippen LogP contribution in [0.1, 0.15) is 34.5 Å². The number of hydrogen-bond acceptors (Lipinski definition) is 4. The van der Waals surface area contributed by atoms with E-state index < -0.39 is 16.0 Å². The Balaban J connectivity index is 1.73. The Morgan fingerprint density at radius 2 is 1.80 bits per heavy atom. The number of aryl methyl sites for hydroxylation is 2. The van der Waals surface area contributed by atoms with Crippen LogP contribution in [0, 0.1) is 6.92 Å². The molecule has 2 heterocycles. The molecule has 0 amide bonds. The molecule has 0 unspecified atom stereocenters. The molecular weight excluding hydrogens is 340 g/mol. The van der Waals surface area contributed by atoms with Crippen molar-refractivity contribution >= 4 is 16.0 Å². The molecule has 0 radical (unpaired) electrons. The lowest BCUT2D eigenvalue weighted by Gasteiger charge is -2.13. The van der Waals surface area contributed by atoms with Crippen molar-refractivity contribution in [1.29, 1.82) is 0 Å². The Bertz CT molecular complexity index is 863. The van der Waals surface area contributed by atoms with Gasteiger partial charge in [0.1, 0.15) is 17.2 Å². The van der Waals surface area contributed by atoms with E-state index in [1.807, 2.05) is 31.2 Å². The van der Waals surface area contributed by atoms with Crippen LogP contribution in [0.3, 0.4) is 0 Å². The smallest absolute Gasteiger partial charge is 0.355 e. The maximum Gasteiger partial charge on any atom is 0.355 e. The molecule has 3 rings (SSSR count). The van der Waals surface area contributed by atoms with Gasteiger partial charge in [-0.3, -0.25) is 0 Å². The van der Waals surface area contributed by atoms with Gasteiger partial charge in [0.2, 0.25) is 10.0 Å². The maximum atomic E-state index is 12.6. The van der Waals surface area contributed by atoms with Crippen molar-refractivity contribution in [3.63, 3.8) is 0 Å². The average Bonchev–Trinajstić information content (AvgIpc) is 3.24. The van der Waals surface area contributed by atoms with E-state index in [9.17, 15) is 13.2 Å². The number of benzene rings is 1. The summed E-state index contributed by atoms with van der Waals surface area (Å²) in [6.45, 7) is 3.20. The molecule has 7 heteroatoms. The van der Waals surface area contributed by atoms with Crippen LogP contribution < -0.4 is 0 Å². The zero-order chi connectivity index (χ0) is 18.0. The first-order valence-corrected chi connectivity index (χ1v) is 9.71. The summed E-state index contributed by atoms with van der Waals surface area (Å²) in [5.41, 5.74) is 2.25. The van der Waals surface area contributed by atoms with E-state index in [0.29, 0.717) is 13.1 Å². The third kappa shape index (κ3) is 3.77. The number of carbonyl (C=O) groups excluding carboxylic acids is 1. The molecule has 1 fully saturated rings. The normalized spacial score (nSPS) is 15.4. The number of hydrogen-bond donors (Lipinski definition) is 0. The molecule has 0 atom stereocenters. The van der Waals surface area contributed by atoms with E-state index in [4.69, 9.17) is 4.74 Å². The fourth-order valence-electron chi connectivity index (χ4n) is 2.86. The van der Waals surface area contributed by atoms with Gasteiger partial charge in [-0.1, -0.05) is 29.8 Å². The lowest BCUT2D eigenvalue weighted by Crippen LogP contribution is -2.27. The molecule has 134 valence electrons. The lowest BCUT2D eigenvalue weighted by atomic mass is 10.2. The third-order valence-corrected chi connectivity index (χ3v) is 6.25. The van der Waals surface area contributed by atoms with Crippen LogP contribution in [0.4, 0.5) is 0 Å². The SMILES string of the molecule is Cc1ccc(COC(=O)c2cc(S(=O)(=O)N3CCCC3)cn2C)cc1. The highest BCUT2D eigenvalue weighted by atomic mass is 32.2. The van der Waals surface area contributed by atoms with E-state index in [2.05, 4.69) is 0 Å². The fraction of sp³-hybridized carbons (Fsp3) is 0.389. The van der Waals surface area contributed by atoms with E-state index in [0.717, 1.165) is 24.0 Å². The van der Waals surface area contributed by atoms with Gasteiger partial charge in [-0.25, -0.2) is 13.2 Å². The van der Waals surface area contributed by atoms with Gasteiger partial charge >= 0.3 is 5.97 Å². The summed E-state index contributed by atoms with van der Waals surface area (Å²) in [5.74, 6) is -0.536. The molecule has 1 aliphatic heterocycles. The zero-order valence-electron chi connectivity index (χ0n) is 14.4. The molecule has 1 aliphatic rings. The number of esters is 1. The van der Waals surface area contributed by atoms with Gasteiger partial charge in [0.05, 0.1) is 0 Å². The molecule has 0 bridgehead atoms. The molecular formula is C18H22N2O4S. The van der Waals surface area contributed by atoms with Crippen molar-refractivity contribution < 1.29 is 17.9 Å². The monoisotopic (exact) mass is 362 g/mol. The number of ether oxygens (including phenoxy) is 1. The average molecular weight is 362 g/mol. The van der Waals surface area contributed by atoms with Gasteiger partial charge in [-0.15, -0.1) is 0 Å². The number of carbonyl (C=O) groups is 1. The number of rotatable bonds is 5. The number of sulfonamides is 1. The Labute approximate surface area is 148 Å². The quantitative estimate of drug-likeness (QED) is 0.766. The van der Waals surface area contributed by atoms with Gasteiger partial charge in [0.25, 0.3) is 0 Å². The minimum atomic E-state index is -3.54. The third-order valence-electron chi connectivity index (χ3n) is 4.38. The molecule has 0 saturated carbocycles. The van der Waals surface area contributed by atoms with Crippen molar-refractivity contribution in [2.24, 2.45) is 7.05 Å². The second-order valence-electron chi connectivity index (χ2n) is 6.34. The summed E-state index contributed by atoms with van der Waals surface area (Å²) >= 11 is 0. The Hall–Kier alpha value is -2.12. The summed E-state index contributed by atoms with van der Waals surface area (Å²) in [6, 6.07) is 9.09. The molecule has 0 N–H and O–H groups in total. The first-order chi connectivity index (χ1) is 11.9. The topological polar surface area (TPSA) is 68.6 Å². The molecule has 1 aromatic heterocycles. The van der Waals surface area contributed by atoms with Crippen LogP contribution >= 0.6 is 0 Å². The van der Waals surface area contributed by atoms with Crippen molar-refractivity contribution in [2.45, 2.75) is 31.3 Å². The van der Waals surface area contributed by atoms with Gasteiger partial charge in [0, 0.05) is 26.3 Å². The van der Waals surface area contributed by atoms with Crippen molar-refractivity contribution in [3.05, 3.63) is 53.3 Å². The van der Waals surface area contributed by atoms with Gasteiger partial charge < -0.3 is 9.30 Å². The van der Waals surface area contributed by atoms with Crippen LogP contribution in [0.15, 0.2) is 41.4 Å². The second kappa shape index (κ2) is 7.01. The second-order valence-corrected chi connectivity index (χ2v) is 8.28. The van der Waals surface area contributed by atoms with E-state index >= 15 is 0 Å². The van der Waals surface area contributed by atoms with Crippen LogP contribution in [0.2, 0.25) is 0 Å². The predicted octanol–water partition coefficient (Wildman–Crippen LogP) is 2.48. The number of aromatic nitrogens is 1. The van der Waals surface area contributed by atoms with Crippen LogP contribution in [0.5, 0.6) is 0 Å². The Morgan fingerprint density at radius 1 is 1.16 bits per heavy atom. The van der Waals surface area contributed by atoms with E-state index in [-0.39, 0.29) is 17.2 Å².